The van der Waals surface area contributed by atoms with Crippen molar-refractivity contribution >= 4 is 33.0 Å². The molecular weight excluding hydrogens is 530 g/mol. The van der Waals surface area contributed by atoms with Crippen LogP contribution in [0.5, 0.6) is 5.75 Å². The molecule has 3 aromatic rings. The maximum atomic E-state index is 13.2. The molecule has 0 radical (unpaired) electrons. The number of carboxylic acid groups (broad SMARTS) is 1. The molecule has 2 aliphatic heterocycles. The number of carboxylic acids is 1. The Hall–Kier alpha value is -3.37. The van der Waals surface area contributed by atoms with Gasteiger partial charge in [-0.05, 0) is 73.1 Å². The van der Waals surface area contributed by atoms with Crippen LogP contribution >= 0.6 is 0 Å². The first-order valence-electron chi connectivity index (χ1n) is 14.1. The monoisotopic (exact) mass is 563 g/mol. The molecule has 1 saturated heterocycles. The van der Waals surface area contributed by atoms with E-state index in [1.54, 1.807) is 19.2 Å². The van der Waals surface area contributed by atoms with Crippen molar-refractivity contribution in [3.05, 3.63) is 53.1 Å². The molecule has 2 N–H and O–H groups in total. The predicted octanol–water partition coefficient (Wildman–Crippen LogP) is 4.62. The van der Waals surface area contributed by atoms with Crippen LogP contribution in [0.2, 0.25) is 0 Å². The quantitative estimate of drug-likeness (QED) is 0.452. The summed E-state index contributed by atoms with van der Waals surface area (Å²) in [4.78, 5) is 25.9. The summed E-state index contributed by atoms with van der Waals surface area (Å²) in [7, 11) is -2.27. The van der Waals surface area contributed by atoms with Crippen LogP contribution in [0.1, 0.15) is 78.3 Å². The van der Waals surface area contributed by atoms with Crippen molar-refractivity contribution in [2.75, 3.05) is 20.2 Å². The molecule has 0 spiro atoms. The number of aromatic nitrogens is 1. The summed E-state index contributed by atoms with van der Waals surface area (Å²) < 4.78 is 36.3. The van der Waals surface area contributed by atoms with Crippen molar-refractivity contribution in [2.45, 2.75) is 63.3 Å². The molecule has 9 nitrogen and oxygen atoms in total. The van der Waals surface area contributed by atoms with Crippen LogP contribution in [0.25, 0.3) is 22.2 Å². The van der Waals surface area contributed by atoms with E-state index in [1.807, 2.05) is 18.2 Å². The Kier molecular flexibility index (Phi) is 5.80. The number of nitrogens with zero attached hydrogens (tertiary/aromatic N) is 2. The van der Waals surface area contributed by atoms with Gasteiger partial charge in [0, 0.05) is 47.6 Å². The Labute approximate surface area is 233 Å². The number of fused-ring (bicyclic) bond motifs is 7. The van der Waals surface area contributed by atoms with Crippen LogP contribution in [-0.4, -0.2) is 54.5 Å². The Balaban J connectivity index is 1.43. The number of amides is 1. The number of hydrogen-bond acceptors (Lipinski definition) is 5. The lowest BCUT2D eigenvalue weighted by Crippen LogP contribution is -2.49. The van der Waals surface area contributed by atoms with E-state index in [0.717, 1.165) is 59.8 Å². The van der Waals surface area contributed by atoms with Crippen LogP contribution in [0.3, 0.4) is 0 Å². The minimum atomic E-state index is -3.89. The molecule has 3 fully saturated rings. The lowest BCUT2D eigenvalue weighted by molar-refractivity contribution is -0.144. The third-order valence-corrected chi connectivity index (χ3v) is 11.1. The Morgan fingerprint density at radius 3 is 2.50 bits per heavy atom. The summed E-state index contributed by atoms with van der Waals surface area (Å²) in [5.41, 5.74) is 4.33. The third kappa shape index (κ3) is 3.79. The summed E-state index contributed by atoms with van der Waals surface area (Å²) in [6.45, 7) is 1.10. The van der Waals surface area contributed by atoms with Crippen LogP contribution < -0.4 is 9.46 Å². The normalized spacial score (nSPS) is 24.3. The molecule has 2 saturated carbocycles. The van der Waals surface area contributed by atoms with Gasteiger partial charge in [-0.3, -0.25) is 9.59 Å². The van der Waals surface area contributed by atoms with E-state index in [2.05, 4.69) is 15.4 Å². The topological polar surface area (TPSA) is 118 Å². The Morgan fingerprint density at radius 1 is 1.05 bits per heavy atom. The van der Waals surface area contributed by atoms with Gasteiger partial charge in [-0.2, -0.15) is 12.7 Å². The van der Waals surface area contributed by atoms with Crippen molar-refractivity contribution in [3.63, 3.8) is 0 Å². The lowest BCUT2D eigenvalue weighted by atomic mass is 9.81. The molecule has 2 aromatic carbocycles. The fraction of sp³-hybridized carbons (Fsp3) is 0.467. The van der Waals surface area contributed by atoms with Crippen molar-refractivity contribution < 1.29 is 27.9 Å². The van der Waals surface area contributed by atoms with Gasteiger partial charge in [-0.1, -0.05) is 25.3 Å². The highest BCUT2D eigenvalue weighted by Crippen LogP contribution is 2.65. The van der Waals surface area contributed by atoms with E-state index in [4.69, 9.17) is 4.74 Å². The predicted molar refractivity (Wildman–Crippen MR) is 150 cm³/mol. The van der Waals surface area contributed by atoms with Gasteiger partial charge in [-0.15, -0.1) is 0 Å². The molecule has 10 heteroatoms. The first-order valence-corrected chi connectivity index (χ1v) is 15.6. The molecule has 1 aromatic heterocycles. The van der Waals surface area contributed by atoms with Crippen molar-refractivity contribution in [2.24, 2.45) is 5.41 Å². The maximum absolute atomic E-state index is 13.2. The standard InChI is InChI=1S/C30H33N3O6S/c1-39-20-9-11-21-23(15-20)24-16-30(24,29(35)36)17-33-25-14-19(28(34)31-40(37,38)32-12-5-13-32)8-10-22(25)26(27(21)33)18-6-3-2-4-7-18/h8-11,14-15,18,24H,2-7,12-13,16-17H2,1H3,(H,31,34)(H,35,36). The number of carbonyl (C=O) groups is 2. The highest BCUT2D eigenvalue weighted by atomic mass is 32.2. The zero-order chi connectivity index (χ0) is 27.8. The first kappa shape index (κ1) is 25.6. The van der Waals surface area contributed by atoms with Crippen LogP contribution in [0, 0.1) is 5.41 Å². The molecule has 210 valence electrons. The molecule has 3 heterocycles. The van der Waals surface area contributed by atoms with E-state index < -0.39 is 27.5 Å². The highest BCUT2D eigenvalue weighted by Gasteiger charge is 2.63. The molecule has 2 atom stereocenters. The number of aliphatic carboxylic acids is 1. The summed E-state index contributed by atoms with van der Waals surface area (Å²) >= 11 is 0. The molecule has 7 rings (SSSR count). The molecule has 2 unspecified atom stereocenters. The van der Waals surface area contributed by atoms with Gasteiger partial charge < -0.3 is 14.4 Å². The average Bonchev–Trinajstić information content (AvgIpc) is 3.58. The van der Waals surface area contributed by atoms with E-state index in [9.17, 15) is 23.1 Å². The number of benzene rings is 2. The first-order chi connectivity index (χ1) is 19.2. The van der Waals surface area contributed by atoms with Gasteiger partial charge in [0.25, 0.3) is 5.91 Å². The van der Waals surface area contributed by atoms with Gasteiger partial charge in [0.15, 0.2) is 0 Å². The van der Waals surface area contributed by atoms with E-state index in [1.165, 1.54) is 16.3 Å². The van der Waals surface area contributed by atoms with Gasteiger partial charge in [0.05, 0.1) is 18.2 Å². The van der Waals surface area contributed by atoms with E-state index >= 15 is 0 Å². The van der Waals surface area contributed by atoms with Gasteiger partial charge >= 0.3 is 16.2 Å². The minimum Gasteiger partial charge on any atom is -0.497 e. The molecule has 2 aliphatic carbocycles. The summed E-state index contributed by atoms with van der Waals surface area (Å²) in [5, 5.41) is 11.4. The minimum absolute atomic E-state index is 0.127. The third-order valence-electron chi connectivity index (χ3n) is 9.59. The fourth-order valence-electron chi connectivity index (χ4n) is 7.19. The highest BCUT2D eigenvalue weighted by molar-refractivity contribution is 7.87. The van der Waals surface area contributed by atoms with Crippen molar-refractivity contribution in [1.82, 2.24) is 13.6 Å². The van der Waals surface area contributed by atoms with Crippen molar-refractivity contribution in [1.29, 1.82) is 0 Å². The van der Waals surface area contributed by atoms with Gasteiger partial charge in [-0.25, -0.2) is 4.72 Å². The zero-order valence-corrected chi connectivity index (χ0v) is 23.3. The lowest BCUT2D eigenvalue weighted by Gasteiger charge is -2.29. The summed E-state index contributed by atoms with van der Waals surface area (Å²) in [5.74, 6) is -0.605. The van der Waals surface area contributed by atoms with Gasteiger partial charge in [0.2, 0.25) is 0 Å². The average molecular weight is 564 g/mol. The maximum Gasteiger partial charge on any atom is 0.312 e. The SMILES string of the molecule is COc1ccc2c(c1)C1CC1(C(=O)O)Cn1c-2c(C2CCCCC2)c2ccc(C(=O)NS(=O)(=O)N3CCC3)cc21. The molecule has 40 heavy (non-hydrogen) atoms. The molecule has 4 aliphatic rings. The second-order valence-electron chi connectivity index (χ2n) is 11.8. The Morgan fingerprint density at radius 2 is 1.82 bits per heavy atom. The summed E-state index contributed by atoms with van der Waals surface area (Å²) in [6.07, 6.45) is 6.92. The summed E-state index contributed by atoms with van der Waals surface area (Å²) in [6, 6.07) is 11.3. The number of rotatable bonds is 6. The second kappa shape index (κ2) is 9.07. The van der Waals surface area contributed by atoms with E-state index in [0.29, 0.717) is 37.7 Å². The Bertz CT molecular complexity index is 1670. The van der Waals surface area contributed by atoms with Crippen LogP contribution in [0.15, 0.2) is 36.4 Å². The number of carbonyl (C=O) groups excluding carboxylic acids is 1. The number of nitrogens with one attached hydrogen (secondary N) is 1. The zero-order valence-electron chi connectivity index (χ0n) is 22.5. The largest absolute Gasteiger partial charge is 0.497 e. The molecule has 0 bridgehead atoms. The van der Waals surface area contributed by atoms with Crippen LogP contribution in [-0.2, 0) is 21.5 Å². The number of hydrogen-bond donors (Lipinski definition) is 2. The second-order valence-corrected chi connectivity index (χ2v) is 13.4. The molecule has 1 amide bonds. The van der Waals surface area contributed by atoms with E-state index in [-0.39, 0.29) is 11.5 Å². The number of methoxy groups -OCH3 is 1. The van der Waals surface area contributed by atoms with Gasteiger partial charge in [0.1, 0.15) is 5.75 Å². The number of ether oxygens (including phenoxy) is 1. The van der Waals surface area contributed by atoms with Crippen LogP contribution in [0.4, 0.5) is 0 Å². The molecular formula is C30H33N3O6S. The van der Waals surface area contributed by atoms with Crippen molar-refractivity contribution in [3.8, 4) is 17.0 Å². The fourth-order valence-corrected chi connectivity index (χ4v) is 8.41. The smallest absolute Gasteiger partial charge is 0.312 e.